The molecule has 1 aromatic carbocycles. The van der Waals surface area contributed by atoms with Gasteiger partial charge in [-0.15, -0.1) is 11.6 Å². The van der Waals surface area contributed by atoms with E-state index in [1.807, 2.05) is 24.3 Å². The van der Waals surface area contributed by atoms with Gasteiger partial charge in [0.1, 0.15) is 12.7 Å². The molecule has 2 aromatic rings. The van der Waals surface area contributed by atoms with E-state index in [9.17, 15) is 0 Å². The SMILES string of the molecule is CC(C)(CCl)CC(=Cc1ccc(Cl)cc1)n1cncn1. The number of hydrogen-bond acceptors (Lipinski definition) is 2. The smallest absolute Gasteiger partial charge is 0.138 e. The Balaban J connectivity index is 2.34. The van der Waals surface area contributed by atoms with Crippen molar-refractivity contribution < 1.29 is 0 Å². The number of rotatable bonds is 5. The Bertz CT molecular complexity index is 572. The van der Waals surface area contributed by atoms with E-state index in [0.29, 0.717) is 5.88 Å². The minimum Gasteiger partial charge on any atom is -0.225 e. The predicted molar refractivity (Wildman–Crippen MR) is 84.8 cm³/mol. The summed E-state index contributed by atoms with van der Waals surface area (Å²) in [6, 6.07) is 7.71. The maximum Gasteiger partial charge on any atom is 0.138 e. The summed E-state index contributed by atoms with van der Waals surface area (Å²) in [5.41, 5.74) is 2.12. The molecule has 0 saturated carbocycles. The van der Waals surface area contributed by atoms with E-state index < -0.39 is 0 Å². The van der Waals surface area contributed by atoms with Crippen LogP contribution < -0.4 is 0 Å². The Hall–Kier alpha value is -1.32. The molecule has 3 nitrogen and oxygen atoms in total. The minimum atomic E-state index is -0.00817. The van der Waals surface area contributed by atoms with Crippen molar-refractivity contribution in [1.29, 1.82) is 0 Å². The zero-order valence-electron chi connectivity index (χ0n) is 11.6. The molecule has 2 rings (SSSR count). The largest absolute Gasteiger partial charge is 0.225 e. The zero-order chi connectivity index (χ0) is 14.6. The summed E-state index contributed by atoms with van der Waals surface area (Å²) < 4.78 is 1.78. The number of alkyl halides is 1. The van der Waals surface area contributed by atoms with Gasteiger partial charge >= 0.3 is 0 Å². The highest BCUT2D eigenvalue weighted by molar-refractivity contribution is 6.30. The van der Waals surface area contributed by atoms with Crippen molar-refractivity contribution >= 4 is 35.0 Å². The van der Waals surface area contributed by atoms with Crippen LogP contribution in [0.3, 0.4) is 0 Å². The van der Waals surface area contributed by atoms with Crippen molar-refractivity contribution in [3.8, 4) is 0 Å². The Labute approximate surface area is 129 Å². The van der Waals surface area contributed by atoms with Gasteiger partial charge in [-0.3, -0.25) is 0 Å². The summed E-state index contributed by atoms with van der Waals surface area (Å²) in [6.45, 7) is 4.26. The second kappa shape index (κ2) is 6.42. The van der Waals surface area contributed by atoms with Crippen molar-refractivity contribution in [1.82, 2.24) is 14.8 Å². The summed E-state index contributed by atoms with van der Waals surface area (Å²) in [5.74, 6) is 0.583. The summed E-state index contributed by atoms with van der Waals surface area (Å²) in [4.78, 5) is 4.01. The summed E-state index contributed by atoms with van der Waals surface area (Å²) in [7, 11) is 0. The topological polar surface area (TPSA) is 30.7 Å². The first kappa shape index (κ1) is 15.1. The minimum absolute atomic E-state index is 0.00817. The lowest BCUT2D eigenvalue weighted by molar-refractivity contribution is 0.426. The number of halogens is 2. The van der Waals surface area contributed by atoms with Crippen LogP contribution in [0.15, 0.2) is 36.9 Å². The first-order valence-electron chi connectivity index (χ1n) is 6.37. The molecule has 0 unspecified atom stereocenters. The Morgan fingerprint density at radius 2 is 2.00 bits per heavy atom. The van der Waals surface area contributed by atoms with E-state index >= 15 is 0 Å². The standard InChI is InChI=1S/C15H17Cl2N3/c1-15(2,9-16)8-14(20-11-18-10-19-20)7-12-3-5-13(17)6-4-12/h3-7,10-11H,8-9H2,1-2H3. The third-order valence-electron chi connectivity index (χ3n) is 2.94. The van der Waals surface area contributed by atoms with Crippen LogP contribution in [0.1, 0.15) is 25.8 Å². The lowest BCUT2D eigenvalue weighted by Crippen LogP contribution is -2.16. The lowest BCUT2D eigenvalue weighted by Gasteiger charge is -2.23. The first-order chi connectivity index (χ1) is 9.50. The molecule has 0 aliphatic carbocycles. The Morgan fingerprint density at radius 3 is 2.55 bits per heavy atom. The molecule has 5 heteroatoms. The molecule has 0 radical (unpaired) electrons. The first-order valence-corrected chi connectivity index (χ1v) is 7.28. The molecule has 0 spiro atoms. The monoisotopic (exact) mass is 309 g/mol. The van der Waals surface area contributed by atoms with Gasteiger partial charge in [-0.05, 0) is 35.6 Å². The van der Waals surface area contributed by atoms with Crippen LogP contribution in [0, 0.1) is 5.41 Å². The maximum absolute atomic E-state index is 6.03. The Kier molecular flexibility index (Phi) is 4.84. The van der Waals surface area contributed by atoms with Crippen molar-refractivity contribution in [3.05, 3.63) is 47.5 Å². The number of hydrogen-bond donors (Lipinski definition) is 0. The summed E-state index contributed by atoms with van der Waals surface area (Å²) in [5, 5.41) is 4.94. The fourth-order valence-corrected chi connectivity index (χ4v) is 2.06. The number of nitrogens with zero attached hydrogens (tertiary/aromatic N) is 3. The highest BCUT2D eigenvalue weighted by Crippen LogP contribution is 2.29. The second-order valence-corrected chi connectivity index (χ2v) is 6.21. The van der Waals surface area contributed by atoms with E-state index in [0.717, 1.165) is 22.7 Å². The molecule has 0 aliphatic heterocycles. The molecular weight excluding hydrogens is 293 g/mol. The quantitative estimate of drug-likeness (QED) is 0.757. The summed E-state index contributed by atoms with van der Waals surface area (Å²) in [6.07, 6.45) is 6.12. The van der Waals surface area contributed by atoms with Gasteiger partial charge in [-0.1, -0.05) is 37.6 Å². The van der Waals surface area contributed by atoms with E-state index in [1.54, 1.807) is 11.0 Å². The highest BCUT2D eigenvalue weighted by Gasteiger charge is 2.20. The molecule has 1 heterocycles. The molecule has 20 heavy (non-hydrogen) atoms. The molecule has 0 fully saturated rings. The van der Waals surface area contributed by atoms with Crippen LogP contribution in [0.5, 0.6) is 0 Å². The van der Waals surface area contributed by atoms with Gasteiger partial charge in [0, 0.05) is 16.6 Å². The van der Waals surface area contributed by atoms with Gasteiger partial charge in [-0.25, -0.2) is 9.67 Å². The fourth-order valence-electron chi connectivity index (χ4n) is 1.84. The second-order valence-electron chi connectivity index (χ2n) is 5.50. The molecule has 0 bridgehead atoms. The van der Waals surface area contributed by atoms with E-state index in [4.69, 9.17) is 23.2 Å². The number of benzene rings is 1. The van der Waals surface area contributed by atoms with Crippen molar-refractivity contribution in [3.63, 3.8) is 0 Å². The maximum atomic E-state index is 6.03. The number of aromatic nitrogens is 3. The van der Waals surface area contributed by atoms with E-state index in [-0.39, 0.29) is 5.41 Å². The zero-order valence-corrected chi connectivity index (χ0v) is 13.1. The molecule has 106 valence electrons. The fraction of sp³-hybridized carbons (Fsp3) is 0.333. The van der Waals surface area contributed by atoms with Gasteiger partial charge in [0.2, 0.25) is 0 Å². The Morgan fingerprint density at radius 1 is 1.30 bits per heavy atom. The predicted octanol–water partition coefficient (Wildman–Crippen LogP) is 4.58. The molecule has 0 saturated heterocycles. The van der Waals surface area contributed by atoms with Gasteiger partial charge in [-0.2, -0.15) is 5.10 Å². The molecular formula is C15H17Cl2N3. The molecule has 0 atom stereocenters. The number of allylic oxidation sites excluding steroid dienone is 1. The van der Waals surface area contributed by atoms with E-state index in [2.05, 4.69) is 30.0 Å². The van der Waals surface area contributed by atoms with Crippen LogP contribution in [-0.4, -0.2) is 20.6 Å². The van der Waals surface area contributed by atoms with Crippen LogP contribution >= 0.6 is 23.2 Å². The average Bonchev–Trinajstić information content (AvgIpc) is 2.94. The van der Waals surface area contributed by atoms with Crippen LogP contribution in [0.25, 0.3) is 11.8 Å². The highest BCUT2D eigenvalue weighted by atomic mass is 35.5. The van der Waals surface area contributed by atoms with Gasteiger partial charge in [0.05, 0.1) is 0 Å². The van der Waals surface area contributed by atoms with Gasteiger partial charge in [0.15, 0.2) is 0 Å². The van der Waals surface area contributed by atoms with Crippen LogP contribution in [-0.2, 0) is 0 Å². The molecule has 0 N–H and O–H groups in total. The van der Waals surface area contributed by atoms with Crippen molar-refractivity contribution in [2.24, 2.45) is 5.41 Å². The van der Waals surface area contributed by atoms with Crippen molar-refractivity contribution in [2.45, 2.75) is 20.3 Å². The third-order valence-corrected chi connectivity index (χ3v) is 3.91. The molecule has 0 aliphatic rings. The molecule has 0 amide bonds. The van der Waals surface area contributed by atoms with Crippen LogP contribution in [0.2, 0.25) is 5.02 Å². The summed E-state index contributed by atoms with van der Waals surface area (Å²) >= 11 is 11.9. The average molecular weight is 310 g/mol. The van der Waals surface area contributed by atoms with Gasteiger partial charge in [0.25, 0.3) is 0 Å². The van der Waals surface area contributed by atoms with Gasteiger partial charge < -0.3 is 0 Å². The third kappa shape index (κ3) is 4.09. The van der Waals surface area contributed by atoms with Crippen molar-refractivity contribution in [2.75, 3.05) is 5.88 Å². The lowest BCUT2D eigenvalue weighted by atomic mass is 9.89. The molecule has 1 aromatic heterocycles. The van der Waals surface area contributed by atoms with E-state index in [1.165, 1.54) is 6.33 Å². The normalized spacial score (nSPS) is 12.7. The van der Waals surface area contributed by atoms with Crippen LogP contribution in [0.4, 0.5) is 0 Å².